The number of rotatable bonds is 5. The Morgan fingerprint density at radius 2 is 2.32 bits per heavy atom. The van der Waals surface area contributed by atoms with Gasteiger partial charge in [-0.05, 0) is 24.1 Å². The Morgan fingerprint density at radius 3 is 3.00 bits per heavy atom. The Morgan fingerprint density at radius 1 is 1.53 bits per heavy atom. The van der Waals surface area contributed by atoms with Crippen molar-refractivity contribution in [2.24, 2.45) is 0 Å². The van der Waals surface area contributed by atoms with Crippen LogP contribution in [0.25, 0.3) is 0 Å². The standard InChI is InChI=1S/C12H15BrN4OS/c1-2-5-17-11(18)15-16-12(17)19-7-8-3-4-9(13)6-10(8)14/h3-4,6H,2,5,7,14H2,1H3,(H,15,18). The molecule has 0 saturated carbocycles. The van der Waals surface area contributed by atoms with Crippen molar-refractivity contribution in [3.63, 3.8) is 0 Å². The summed E-state index contributed by atoms with van der Waals surface area (Å²) in [6, 6.07) is 5.80. The van der Waals surface area contributed by atoms with Gasteiger partial charge in [-0.15, -0.1) is 5.10 Å². The Bertz CT molecular complexity index is 622. The zero-order valence-corrected chi connectivity index (χ0v) is 12.9. The Labute approximate surface area is 123 Å². The van der Waals surface area contributed by atoms with Gasteiger partial charge in [0.1, 0.15) is 0 Å². The van der Waals surface area contributed by atoms with Crippen molar-refractivity contribution in [1.82, 2.24) is 14.8 Å². The third-order valence-corrected chi connectivity index (χ3v) is 4.15. The van der Waals surface area contributed by atoms with E-state index in [-0.39, 0.29) is 5.69 Å². The predicted molar refractivity (Wildman–Crippen MR) is 81.3 cm³/mol. The van der Waals surface area contributed by atoms with E-state index < -0.39 is 0 Å². The number of nitrogens with one attached hydrogen (secondary N) is 1. The van der Waals surface area contributed by atoms with E-state index in [9.17, 15) is 4.79 Å². The molecular formula is C12H15BrN4OS. The fraction of sp³-hybridized carbons (Fsp3) is 0.333. The SMILES string of the molecule is CCCn1c(SCc2ccc(Br)cc2N)n[nH]c1=O. The van der Waals surface area contributed by atoms with Crippen molar-refractivity contribution in [2.75, 3.05) is 5.73 Å². The van der Waals surface area contributed by atoms with Crippen molar-refractivity contribution >= 4 is 33.4 Å². The van der Waals surface area contributed by atoms with Gasteiger partial charge in [0.05, 0.1) is 0 Å². The summed E-state index contributed by atoms with van der Waals surface area (Å²) in [5.41, 5.74) is 7.56. The van der Waals surface area contributed by atoms with Gasteiger partial charge in [-0.2, -0.15) is 0 Å². The summed E-state index contributed by atoms with van der Waals surface area (Å²) in [6.07, 6.45) is 0.896. The molecule has 0 saturated heterocycles. The van der Waals surface area contributed by atoms with Crippen molar-refractivity contribution in [3.8, 4) is 0 Å². The summed E-state index contributed by atoms with van der Waals surface area (Å²) >= 11 is 4.88. The first-order chi connectivity index (χ1) is 9.11. The maximum Gasteiger partial charge on any atom is 0.343 e. The lowest BCUT2D eigenvalue weighted by atomic mass is 10.2. The third-order valence-electron chi connectivity index (χ3n) is 2.64. The van der Waals surface area contributed by atoms with Gasteiger partial charge in [0, 0.05) is 22.5 Å². The molecule has 2 aromatic rings. The molecule has 0 atom stereocenters. The van der Waals surface area contributed by atoms with Gasteiger partial charge < -0.3 is 5.73 Å². The van der Waals surface area contributed by atoms with E-state index in [2.05, 4.69) is 26.1 Å². The van der Waals surface area contributed by atoms with Crippen LogP contribution < -0.4 is 11.4 Å². The van der Waals surface area contributed by atoms with Gasteiger partial charge in [0.2, 0.25) is 0 Å². The molecule has 0 unspecified atom stereocenters. The molecule has 2 rings (SSSR count). The van der Waals surface area contributed by atoms with E-state index in [0.717, 1.165) is 22.1 Å². The van der Waals surface area contributed by atoms with Crippen LogP contribution in [0.4, 0.5) is 5.69 Å². The van der Waals surface area contributed by atoms with Crippen LogP contribution in [-0.2, 0) is 12.3 Å². The van der Waals surface area contributed by atoms with Gasteiger partial charge in [0.15, 0.2) is 5.16 Å². The average molecular weight is 343 g/mol. The van der Waals surface area contributed by atoms with E-state index >= 15 is 0 Å². The molecule has 0 spiro atoms. The number of aromatic amines is 1. The molecule has 0 fully saturated rings. The first-order valence-electron chi connectivity index (χ1n) is 5.93. The lowest BCUT2D eigenvalue weighted by molar-refractivity contribution is 0.604. The van der Waals surface area contributed by atoms with Gasteiger partial charge >= 0.3 is 5.69 Å². The van der Waals surface area contributed by atoms with Crippen LogP contribution in [0.2, 0.25) is 0 Å². The number of nitrogens with zero attached hydrogens (tertiary/aromatic N) is 2. The number of thioether (sulfide) groups is 1. The number of nitrogens with two attached hydrogens (primary N) is 1. The molecule has 1 aromatic carbocycles. The van der Waals surface area contributed by atoms with Gasteiger partial charge in [-0.1, -0.05) is 40.7 Å². The normalized spacial score (nSPS) is 10.8. The largest absolute Gasteiger partial charge is 0.398 e. The van der Waals surface area contributed by atoms with E-state index in [4.69, 9.17) is 5.73 Å². The molecule has 102 valence electrons. The van der Waals surface area contributed by atoms with Crippen LogP contribution >= 0.6 is 27.7 Å². The fourth-order valence-electron chi connectivity index (χ4n) is 1.67. The molecule has 3 N–H and O–H groups in total. The molecule has 0 aliphatic carbocycles. The molecule has 7 heteroatoms. The van der Waals surface area contributed by atoms with Crippen molar-refractivity contribution in [1.29, 1.82) is 0 Å². The highest BCUT2D eigenvalue weighted by atomic mass is 79.9. The summed E-state index contributed by atoms with van der Waals surface area (Å²) in [6.45, 7) is 2.70. The molecule has 1 aromatic heterocycles. The van der Waals surface area contributed by atoms with Crippen LogP contribution in [0.5, 0.6) is 0 Å². The molecule has 0 amide bonds. The van der Waals surface area contributed by atoms with Crippen LogP contribution in [0.3, 0.4) is 0 Å². The zero-order valence-electron chi connectivity index (χ0n) is 10.5. The highest BCUT2D eigenvalue weighted by Gasteiger charge is 2.09. The monoisotopic (exact) mass is 342 g/mol. The minimum Gasteiger partial charge on any atom is -0.398 e. The predicted octanol–water partition coefficient (Wildman–Crippen LogP) is 2.62. The number of H-pyrrole nitrogens is 1. The highest BCUT2D eigenvalue weighted by molar-refractivity contribution is 9.10. The third kappa shape index (κ3) is 3.42. The Hall–Kier alpha value is -1.21. The molecule has 0 bridgehead atoms. The van der Waals surface area contributed by atoms with Crippen LogP contribution in [0.1, 0.15) is 18.9 Å². The van der Waals surface area contributed by atoms with Crippen molar-refractivity contribution < 1.29 is 0 Å². The fourth-order valence-corrected chi connectivity index (χ4v) is 3.04. The molecule has 0 radical (unpaired) electrons. The second-order valence-corrected chi connectivity index (χ2v) is 5.95. The Balaban J connectivity index is 2.12. The topological polar surface area (TPSA) is 76.7 Å². The summed E-state index contributed by atoms with van der Waals surface area (Å²) in [5, 5.41) is 7.22. The van der Waals surface area contributed by atoms with Gasteiger partial charge in [-0.3, -0.25) is 4.57 Å². The zero-order chi connectivity index (χ0) is 13.8. The second kappa shape index (κ2) is 6.29. The number of hydrogen-bond acceptors (Lipinski definition) is 4. The number of hydrogen-bond donors (Lipinski definition) is 2. The maximum absolute atomic E-state index is 11.6. The van der Waals surface area contributed by atoms with E-state index in [1.54, 1.807) is 4.57 Å². The van der Waals surface area contributed by atoms with Gasteiger partial charge in [0.25, 0.3) is 0 Å². The van der Waals surface area contributed by atoms with Crippen molar-refractivity contribution in [3.05, 3.63) is 38.7 Å². The molecule has 0 aliphatic rings. The minimum absolute atomic E-state index is 0.159. The van der Waals surface area contributed by atoms with Crippen LogP contribution in [-0.4, -0.2) is 14.8 Å². The smallest absolute Gasteiger partial charge is 0.343 e. The lowest BCUT2D eigenvalue weighted by Crippen LogP contribution is -2.17. The number of anilines is 1. The van der Waals surface area contributed by atoms with E-state index in [1.165, 1.54) is 11.8 Å². The van der Waals surface area contributed by atoms with E-state index in [0.29, 0.717) is 17.5 Å². The van der Waals surface area contributed by atoms with E-state index in [1.807, 2.05) is 25.1 Å². The summed E-state index contributed by atoms with van der Waals surface area (Å²) in [5.74, 6) is 0.688. The highest BCUT2D eigenvalue weighted by Crippen LogP contribution is 2.25. The molecular weight excluding hydrogens is 328 g/mol. The molecule has 19 heavy (non-hydrogen) atoms. The average Bonchev–Trinajstić information content (AvgIpc) is 2.71. The van der Waals surface area contributed by atoms with Crippen LogP contribution in [0.15, 0.2) is 32.6 Å². The molecule has 5 nitrogen and oxygen atoms in total. The minimum atomic E-state index is -0.159. The summed E-state index contributed by atoms with van der Waals surface area (Å²) in [7, 11) is 0. The number of benzene rings is 1. The second-order valence-electron chi connectivity index (χ2n) is 4.09. The summed E-state index contributed by atoms with van der Waals surface area (Å²) < 4.78 is 2.61. The Kier molecular flexibility index (Phi) is 4.71. The van der Waals surface area contributed by atoms with Crippen molar-refractivity contribution in [2.45, 2.75) is 30.8 Å². The number of halogens is 1. The summed E-state index contributed by atoms with van der Waals surface area (Å²) in [4.78, 5) is 11.6. The first-order valence-corrected chi connectivity index (χ1v) is 7.71. The molecule has 0 aliphatic heterocycles. The number of aromatic nitrogens is 3. The number of nitrogen functional groups attached to an aromatic ring is 1. The first kappa shape index (κ1) is 14.2. The van der Waals surface area contributed by atoms with Gasteiger partial charge in [-0.25, -0.2) is 9.89 Å². The molecule has 1 heterocycles. The lowest BCUT2D eigenvalue weighted by Gasteiger charge is -2.06. The maximum atomic E-state index is 11.6. The quantitative estimate of drug-likeness (QED) is 0.646. The van der Waals surface area contributed by atoms with Crippen LogP contribution in [0, 0.1) is 0 Å².